The number of carboxylic acid groups (broad SMARTS) is 1. The maximum atomic E-state index is 12.3. The van der Waals surface area contributed by atoms with Gasteiger partial charge in [0.25, 0.3) is 5.91 Å². The first kappa shape index (κ1) is 15.6. The Bertz CT molecular complexity index is 848. The Morgan fingerprint density at radius 3 is 3.00 bits per heavy atom. The third kappa shape index (κ3) is 3.40. The molecule has 23 heavy (non-hydrogen) atoms. The maximum Gasteiger partial charge on any atom is 0.305 e. The lowest BCUT2D eigenvalue weighted by Crippen LogP contribution is -2.30. The highest BCUT2D eigenvalue weighted by Crippen LogP contribution is 2.32. The van der Waals surface area contributed by atoms with Crippen molar-refractivity contribution in [2.24, 2.45) is 0 Å². The lowest BCUT2D eigenvalue weighted by Gasteiger charge is -2.12. The van der Waals surface area contributed by atoms with E-state index < -0.39 is 5.97 Å². The Hall–Kier alpha value is -2.25. The molecule has 0 saturated carbocycles. The van der Waals surface area contributed by atoms with Crippen LogP contribution in [0.1, 0.15) is 12.0 Å². The van der Waals surface area contributed by atoms with Gasteiger partial charge in [-0.1, -0.05) is 36.1 Å². The minimum absolute atomic E-state index is 0.0962. The molecule has 0 bridgehead atoms. The van der Waals surface area contributed by atoms with Crippen molar-refractivity contribution >= 4 is 57.2 Å². The molecule has 0 atom stereocenters. The number of nitrogens with zero attached hydrogens (tertiary/aromatic N) is 2. The summed E-state index contributed by atoms with van der Waals surface area (Å²) in [5, 5.41) is 9.73. The fourth-order valence-electron chi connectivity index (χ4n) is 2.24. The fourth-order valence-corrected chi connectivity index (χ4v) is 3.54. The van der Waals surface area contributed by atoms with Crippen molar-refractivity contribution in [3.63, 3.8) is 0 Å². The van der Waals surface area contributed by atoms with Crippen LogP contribution in [0.15, 0.2) is 41.4 Å². The zero-order valence-corrected chi connectivity index (χ0v) is 13.6. The van der Waals surface area contributed by atoms with Crippen LogP contribution < -0.4 is 0 Å². The molecule has 1 N–H and O–H groups in total. The van der Waals surface area contributed by atoms with E-state index in [1.54, 1.807) is 12.3 Å². The van der Waals surface area contributed by atoms with Crippen molar-refractivity contribution in [1.29, 1.82) is 0 Å². The van der Waals surface area contributed by atoms with Crippen LogP contribution >= 0.6 is 24.0 Å². The van der Waals surface area contributed by atoms with Crippen molar-refractivity contribution in [3.05, 3.63) is 47.0 Å². The van der Waals surface area contributed by atoms with Gasteiger partial charge in [-0.25, -0.2) is 0 Å². The van der Waals surface area contributed by atoms with Crippen molar-refractivity contribution in [1.82, 2.24) is 9.88 Å². The maximum absolute atomic E-state index is 12.3. The molecule has 1 aliphatic heterocycles. The van der Waals surface area contributed by atoms with Gasteiger partial charge in [0.15, 0.2) is 0 Å². The van der Waals surface area contributed by atoms with Crippen LogP contribution in [0.4, 0.5) is 0 Å². The SMILES string of the molecule is O=C(O)CCN1C(=O)/C(=C/c2ccc3ncccc3c2)SC1=S. The molecule has 0 unspecified atom stereocenters. The van der Waals surface area contributed by atoms with Gasteiger partial charge in [0.2, 0.25) is 0 Å². The minimum Gasteiger partial charge on any atom is -0.481 e. The number of rotatable bonds is 4. The second-order valence-electron chi connectivity index (χ2n) is 4.93. The Labute approximate surface area is 142 Å². The fraction of sp³-hybridized carbons (Fsp3) is 0.125. The standard InChI is InChI=1S/C16H12N2O3S2/c19-14(20)5-7-18-15(21)13(23-16(18)22)9-10-3-4-12-11(8-10)2-1-6-17-12/h1-4,6,8-9H,5,7H2,(H,19,20)/b13-9-. The van der Waals surface area contributed by atoms with E-state index in [-0.39, 0.29) is 18.9 Å². The quantitative estimate of drug-likeness (QED) is 0.679. The summed E-state index contributed by atoms with van der Waals surface area (Å²) in [6.45, 7) is 0.0962. The van der Waals surface area contributed by atoms with Crippen LogP contribution in [0.5, 0.6) is 0 Å². The van der Waals surface area contributed by atoms with Crippen LogP contribution in [0.2, 0.25) is 0 Å². The molecule has 0 aliphatic carbocycles. The largest absolute Gasteiger partial charge is 0.481 e. The Balaban J connectivity index is 1.85. The number of amides is 1. The summed E-state index contributed by atoms with van der Waals surface area (Å²) in [7, 11) is 0. The topological polar surface area (TPSA) is 70.5 Å². The normalized spacial score (nSPS) is 16.5. The molecular weight excluding hydrogens is 332 g/mol. The average molecular weight is 344 g/mol. The summed E-state index contributed by atoms with van der Waals surface area (Å²) in [4.78, 5) is 29.1. The Morgan fingerprint density at radius 1 is 1.39 bits per heavy atom. The number of aromatic nitrogens is 1. The van der Waals surface area contributed by atoms with Crippen LogP contribution in [0.3, 0.4) is 0 Å². The third-order valence-electron chi connectivity index (χ3n) is 3.35. The average Bonchev–Trinajstić information content (AvgIpc) is 2.79. The number of aliphatic carboxylic acids is 1. The Kier molecular flexibility index (Phi) is 4.40. The number of hydrogen-bond donors (Lipinski definition) is 1. The second-order valence-corrected chi connectivity index (χ2v) is 6.61. The number of fused-ring (bicyclic) bond motifs is 1. The van der Waals surface area contributed by atoms with E-state index in [9.17, 15) is 9.59 Å². The van der Waals surface area contributed by atoms with Gasteiger partial charge in [-0.2, -0.15) is 0 Å². The van der Waals surface area contributed by atoms with Crippen molar-refractivity contribution < 1.29 is 14.7 Å². The molecule has 7 heteroatoms. The predicted molar refractivity (Wildman–Crippen MR) is 93.9 cm³/mol. The van der Waals surface area contributed by atoms with Gasteiger partial charge in [0, 0.05) is 18.1 Å². The summed E-state index contributed by atoms with van der Waals surface area (Å²) < 4.78 is 0.393. The molecule has 5 nitrogen and oxygen atoms in total. The third-order valence-corrected chi connectivity index (χ3v) is 4.73. The molecule has 0 spiro atoms. The first-order valence-electron chi connectivity index (χ1n) is 6.86. The van der Waals surface area contributed by atoms with Gasteiger partial charge < -0.3 is 5.11 Å². The van der Waals surface area contributed by atoms with Crippen molar-refractivity contribution in [3.8, 4) is 0 Å². The van der Waals surface area contributed by atoms with E-state index in [0.29, 0.717) is 9.23 Å². The van der Waals surface area contributed by atoms with Crippen LogP contribution in [-0.2, 0) is 9.59 Å². The molecule has 1 saturated heterocycles. The van der Waals surface area contributed by atoms with E-state index in [2.05, 4.69) is 4.98 Å². The predicted octanol–water partition coefficient (Wildman–Crippen LogP) is 2.91. The smallest absolute Gasteiger partial charge is 0.305 e. The highest BCUT2D eigenvalue weighted by Gasteiger charge is 2.31. The molecule has 1 aromatic heterocycles. The summed E-state index contributed by atoms with van der Waals surface area (Å²) in [5.41, 5.74) is 1.77. The molecule has 1 aliphatic rings. The molecule has 3 rings (SSSR count). The van der Waals surface area contributed by atoms with Crippen molar-refractivity contribution in [2.45, 2.75) is 6.42 Å². The number of carbonyl (C=O) groups is 2. The zero-order chi connectivity index (χ0) is 16.4. The number of thioether (sulfide) groups is 1. The first-order chi connectivity index (χ1) is 11.0. The highest BCUT2D eigenvalue weighted by atomic mass is 32.2. The van der Waals surface area contributed by atoms with Gasteiger partial charge in [-0.3, -0.25) is 19.5 Å². The van der Waals surface area contributed by atoms with E-state index >= 15 is 0 Å². The first-order valence-corrected chi connectivity index (χ1v) is 8.09. The molecule has 1 fully saturated rings. The highest BCUT2D eigenvalue weighted by molar-refractivity contribution is 8.26. The molecule has 2 heterocycles. The number of carboxylic acids is 1. The summed E-state index contributed by atoms with van der Waals surface area (Å²) in [6.07, 6.45) is 3.38. The van der Waals surface area contributed by atoms with E-state index in [1.165, 1.54) is 16.7 Å². The number of pyridine rings is 1. The number of hydrogen-bond acceptors (Lipinski definition) is 5. The summed E-state index contributed by atoms with van der Waals surface area (Å²) >= 11 is 6.36. The lowest BCUT2D eigenvalue weighted by atomic mass is 10.1. The van der Waals surface area contributed by atoms with Crippen LogP contribution in [0, 0.1) is 0 Å². The lowest BCUT2D eigenvalue weighted by molar-refractivity contribution is -0.137. The molecular formula is C16H12N2O3S2. The van der Waals surface area contributed by atoms with E-state index in [0.717, 1.165) is 16.5 Å². The van der Waals surface area contributed by atoms with Gasteiger partial charge in [-0.05, 0) is 29.8 Å². The monoisotopic (exact) mass is 344 g/mol. The number of thiocarbonyl (C=S) groups is 1. The van der Waals surface area contributed by atoms with E-state index in [1.807, 2.05) is 30.3 Å². The van der Waals surface area contributed by atoms with E-state index in [4.69, 9.17) is 17.3 Å². The number of carbonyl (C=O) groups excluding carboxylic acids is 1. The van der Waals surface area contributed by atoms with Gasteiger partial charge in [-0.15, -0.1) is 0 Å². The van der Waals surface area contributed by atoms with Gasteiger partial charge in [0.05, 0.1) is 16.8 Å². The van der Waals surface area contributed by atoms with Crippen molar-refractivity contribution in [2.75, 3.05) is 6.54 Å². The summed E-state index contributed by atoms with van der Waals surface area (Å²) in [5.74, 6) is -1.20. The Morgan fingerprint density at radius 2 is 2.22 bits per heavy atom. The second kappa shape index (κ2) is 6.47. The number of benzene rings is 1. The molecule has 116 valence electrons. The molecule has 2 aromatic rings. The van der Waals surface area contributed by atoms with Crippen LogP contribution in [-0.4, -0.2) is 37.7 Å². The minimum atomic E-state index is -0.954. The molecule has 1 aromatic carbocycles. The van der Waals surface area contributed by atoms with Gasteiger partial charge in [0.1, 0.15) is 4.32 Å². The molecule has 1 amide bonds. The zero-order valence-electron chi connectivity index (χ0n) is 11.9. The summed E-state index contributed by atoms with van der Waals surface area (Å²) in [6, 6.07) is 9.55. The molecule has 0 radical (unpaired) electrons. The van der Waals surface area contributed by atoms with Crippen LogP contribution in [0.25, 0.3) is 17.0 Å². The van der Waals surface area contributed by atoms with Gasteiger partial charge >= 0.3 is 5.97 Å².